The van der Waals surface area contributed by atoms with Crippen molar-refractivity contribution in [1.29, 1.82) is 0 Å². The molecule has 1 N–H and O–H groups in total. The highest BCUT2D eigenvalue weighted by molar-refractivity contribution is 6.10. The third kappa shape index (κ3) is 5.03. The van der Waals surface area contributed by atoms with Gasteiger partial charge in [-0.15, -0.1) is 0 Å². The Balaban J connectivity index is 1.48. The molecule has 1 aliphatic carbocycles. The van der Waals surface area contributed by atoms with Crippen LogP contribution in [0.5, 0.6) is 5.75 Å². The largest absolute Gasteiger partial charge is 0.497 e. The summed E-state index contributed by atoms with van der Waals surface area (Å²) in [6.45, 7) is 0. The quantitative estimate of drug-likeness (QED) is 0.404. The lowest BCUT2D eigenvalue weighted by atomic mass is 9.81. The van der Waals surface area contributed by atoms with Gasteiger partial charge in [-0.05, 0) is 66.3 Å². The maximum absolute atomic E-state index is 13.7. The second kappa shape index (κ2) is 10.5. The SMILES string of the molecule is COc1ccc(C(=O)C2=CN(c3ccc(C4CCCCC4)cc3)[C@H](O)C[C@H]2c2ccccc2)cc1. The van der Waals surface area contributed by atoms with Gasteiger partial charge in [0.15, 0.2) is 5.78 Å². The molecule has 1 aliphatic heterocycles. The Kier molecular flexibility index (Phi) is 7.01. The maximum Gasteiger partial charge on any atom is 0.191 e. The average molecular weight is 468 g/mol. The Morgan fingerprint density at radius 2 is 1.54 bits per heavy atom. The lowest BCUT2D eigenvalue weighted by molar-refractivity contribution is 0.101. The number of aliphatic hydroxyl groups is 1. The number of benzene rings is 3. The van der Waals surface area contributed by atoms with E-state index in [4.69, 9.17) is 4.74 Å². The minimum Gasteiger partial charge on any atom is -0.497 e. The molecule has 0 bridgehead atoms. The zero-order valence-corrected chi connectivity index (χ0v) is 20.3. The summed E-state index contributed by atoms with van der Waals surface area (Å²) in [5.74, 6) is 1.14. The molecule has 0 spiro atoms. The molecule has 0 saturated heterocycles. The summed E-state index contributed by atoms with van der Waals surface area (Å²) in [4.78, 5) is 15.6. The lowest BCUT2D eigenvalue weighted by Gasteiger charge is -2.36. The van der Waals surface area contributed by atoms with Gasteiger partial charge in [-0.25, -0.2) is 0 Å². The molecule has 0 radical (unpaired) electrons. The van der Waals surface area contributed by atoms with E-state index in [1.54, 1.807) is 19.2 Å². The molecule has 5 rings (SSSR count). The van der Waals surface area contributed by atoms with Gasteiger partial charge < -0.3 is 14.7 Å². The number of methoxy groups -OCH3 is 1. The minimum atomic E-state index is -0.715. The fourth-order valence-electron chi connectivity index (χ4n) is 5.51. The fourth-order valence-corrected chi connectivity index (χ4v) is 5.51. The highest BCUT2D eigenvalue weighted by atomic mass is 16.5. The minimum absolute atomic E-state index is 0.0303. The van der Waals surface area contributed by atoms with Crippen molar-refractivity contribution in [2.45, 2.75) is 56.6 Å². The van der Waals surface area contributed by atoms with Crippen LogP contribution in [0.1, 0.15) is 71.8 Å². The van der Waals surface area contributed by atoms with Crippen molar-refractivity contribution in [2.75, 3.05) is 12.0 Å². The first-order chi connectivity index (χ1) is 17.1. The van der Waals surface area contributed by atoms with Gasteiger partial charge in [0, 0.05) is 35.4 Å². The van der Waals surface area contributed by atoms with Gasteiger partial charge >= 0.3 is 0 Å². The van der Waals surface area contributed by atoms with Crippen LogP contribution in [0.25, 0.3) is 0 Å². The number of ether oxygens (including phenoxy) is 1. The Morgan fingerprint density at radius 3 is 2.20 bits per heavy atom. The van der Waals surface area contributed by atoms with E-state index < -0.39 is 6.23 Å². The summed E-state index contributed by atoms with van der Waals surface area (Å²) in [7, 11) is 1.62. The van der Waals surface area contributed by atoms with Gasteiger partial charge in [0.25, 0.3) is 0 Å². The van der Waals surface area contributed by atoms with Crippen LogP contribution in [-0.4, -0.2) is 24.2 Å². The van der Waals surface area contributed by atoms with E-state index in [1.807, 2.05) is 53.6 Å². The van der Waals surface area contributed by atoms with Crippen molar-refractivity contribution < 1.29 is 14.6 Å². The Hall–Kier alpha value is -3.37. The van der Waals surface area contributed by atoms with E-state index >= 15 is 0 Å². The summed E-state index contributed by atoms with van der Waals surface area (Å²) in [6.07, 6.45) is 8.04. The van der Waals surface area contributed by atoms with Gasteiger partial charge in [-0.2, -0.15) is 0 Å². The zero-order valence-electron chi connectivity index (χ0n) is 20.3. The zero-order chi connectivity index (χ0) is 24.2. The smallest absolute Gasteiger partial charge is 0.191 e. The number of nitrogens with zero attached hydrogens (tertiary/aromatic N) is 1. The summed E-state index contributed by atoms with van der Waals surface area (Å²) < 4.78 is 5.26. The number of ketones is 1. The van der Waals surface area contributed by atoms with Gasteiger partial charge in [0.05, 0.1) is 7.11 Å². The molecule has 2 atom stereocenters. The summed E-state index contributed by atoms with van der Waals surface area (Å²) in [5.41, 5.74) is 4.61. The molecule has 3 aromatic rings. The molecule has 0 aromatic heterocycles. The molecule has 4 nitrogen and oxygen atoms in total. The summed E-state index contributed by atoms with van der Waals surface area (Å²) >= 11 is 0. The van der Waals surface area contributed by atoms with Gasteiger partial charge in [0.2, 0.25) is 0 Å². The van der Waals surface area contributed by atoms with E-state index in [-0.39, 0.29) is 11.7 Å². The number of anilines is 1. The second-order valence-electron chi connectivity index (χ2n) is 9.66. The van der Waals surface area contributed by atoms with Crippen LogP contribution in [0.4, 0.5) is 5.69 Å². The third-order valence-electron chi connectivity index (χ3n) is 7.51. The van der Waals surface area contributed by atoms with Crippen LogP contribution in [0, 0.1) is 0 Å². The number of rotatable bonds is 6. The van der Waals surface area contributed by atoms with Crippen molar-refractivity contribution in [3.05, 3.63) is 107 Å². The topological polar surface area (TPSA) is 49.8 Å². The monoisotopic (exact) mass is 467 g/mol. The first kappa shape index (κ1) is 23.4. The first-order valence-electron chi connectivity index (χ1n) is 12.7. The van der Waals surface area contributed by atoms with Crippen molar-refractivity contribution in [2.24, 2.45) is 0 Å². The number of Topliss-reactive ketones (excluding diaryl/α,β-unsaturated/α-hetero) is 1. The van der Waals surface area contributed by atoms with Crippen LogP contribution in [0.15, 0.2) is 90.6 Å². The number of carbonyl (C=O) groups excluding carboxylic acids is 1. The second-order valence-corrected chi connectivity index (χ2v) is 9.66. The molecule has 180 valence electrons. The van der Waals surface area contributed by atoms with Crippen molar-refractivity contribution in [3.63, 3.8) is 0 Å². The van der Waals surface area contributed by atoms with Gasteiger partial charge in [-0.1, -0.05) is 61.7 Å². The Bertz CT molecular complexity index is 1160. The molecule has 1 fully saturated rings. The van der Waals surface area contributed by atoms with Gasteiger partial charge in [-0.3, -0.25) is 4.79 Å². The third-order valence-corrected chi connectivity index (χ3v) is 7.51. The van der Waals surface area contributed by atoms with Gasteiger partial charge in [0.1, 0.15) is 12.0 Å². The van der Waals surface area contributed by atoms with Crippen LogP contribution >= 0.6 is 0 Å². The molecule has 35 heavy (non-hydrogen) atoms. The standard InChI is InChI=1S/C31H33NO3/c1-35-27-18-14-25(15-19-27)31(34)29-21-32(30(33)20-28(29)24-10-6-3-7-11-24)26-16-12-23(13-17-26)22-8-4-2-5-9-22/h3,6-7,10-19,21-22,28,30,33H,2,4-5,8-9,20H2,1H3/t28-,30+/m0/s1. The van der Waals surface area contributed by atoms with E-state index in [1.165, 1.54) is 37.7 Å². The Morgan fingerprint density at radius 1 is 0.857 bits per heavy atom. The van der Waals surface area contributed by atoms with E-state index in [9.17, 15) is 9.90 Å². The first-order valence-corrected chi connectivity index (χ1v) is 12.7. The van der Waals surface area contributed by atoms with Crippen molar-refractivity contribution in [3.8, 4) is 5.75 Å². The number of carbonyl (C=O) groups is 1. The van der Waals surface area contributed by atoms with Crippen molar-refractivity contribution in [1.82, 2.24) is 0 Å². The fraction of sp³-hybridized carbons (Fsp3) is 0.323. The molecule has 0 unspecified atom stereocenters. The predicted molar refractivity (Wildman–Crippen MR) is 140 cm³/mol. The highest BCUT2D eigenvalue weighted by Crippen LogP contribution is 2.39. The van der Waals surface area contributed by atoms with E-state index in [0.29, 0.717) is 29.2 Å². The molecule has 4 heteroatoms. The van der Waals surface area contributed by atoms with Crippen LogP contribution in [-0.2, 0) is 0 Å². The van der Waals surface area contributed by atoms with Crippen LogP contribution in [0.2, 0.25) is 0 Å². The van der Waals surface area contributed by atoms with Crippen molar-refractivity contribution >= 4 is 11.5 Å². The molecule has 1 saturated carbocycles. The van der Waals surface area contributed by atoms with Crippen LogP contribution in [0.3, 0.4) is 0 Å². The average Bonchev–Trinajstić information content (AvgIpc) is 2.93. The molecular weight excluding hydrogens is 434 g/mol. The lowest BCUT2D eigenvalue weighted by Crippen LogP contribution is -2.38. The van der Waals surface area contributed by atoms with E-state index in [2.05, 4.69) is 24.3 Å². The molecule has 1 heterocycles. The number of aliphatic hydroxyl groups excluding tert-OH is 1. The number of allylic oxidation sites excluding steroid dienone is 1. The maximum atomic E-state index is 13.7. The van der Waals surface area contributed by atoms with Crippen LogP contribution < -0.4 is 9.64 Å². The number of hydrogen-bond acceptors (Lipinski definition) is 4. The molecule has 2 aliphatic rings. The molecular formula is C31H33NO3. The molecule has 3 aromatic carbocycles. The highest BCUT2D eigenvalue weighted by Gasteiger charge is 2.33. The number of hydrogen-bond donors (Lipinski definition) is 1. The normalized spacial score (nSPS) is 20.9. The van der Waals surface area contributed by atoms with E-state index in [0.717, 1.165) is 11.3 Å². The molecule has 0 amide bonds. The predicted octanol–water partition coefficient (Wildman–Crippen LogP) is 6.82. The Labute approximate surface area is 207 Å². The summed E-state index contributed by atoms with van der Waals surface area (Å²) in [6, 6.07) is 25.8. The summed E-state index contributed by atoms with van der Waals surface area (Å²) in [5, 5.41) is 11.2.